The number of nitrogens with zero attached hydrogens (tertiary/aromatic N) is 1. The van der Waals surface area contributed by atoms with E-state index in [1.807, 2.05) is 0 Å². The zero-order valence-electron chi connectivity index (χ0n) is 11.7. The van der Waals surface area contributed by atoms with Gasteiger partial charge in [-0.2, -0.15) is 0 Å². The van der Waals surface area contributed by atoms with E-state index >= 15 is 0 Å². The SMILES string of the molecule is CN(CC#C/C=C/CO)Cc1cccc2ccccc12. The fraction of sp³-hybridized carbons (Fsp3) is 0.222. The average Bonchev–Trinajstić information content (AvgIpc) is 2.47. The van der Waals surface area contributed by atoms with Crippen LogP contribution in [0.3, 0.4) is 0 Å². The zero-order chi connectivity index (χ0) is 14.2. The molecule has 0 aromatic heterocycles. The fourth-order valence-corrected chi connectivity index (χ4v) is 2.13. The molecule has 2 heteroatoms. The van der Waals surface area contributed by atoms with Crippen LogP contribution in [0.5, 0.6) is 0 Å². The third kappa shape index (κ3) is 3.96. The zero-order valence-corrected chi connectivity index (χ0v) is 11.7. The van der Waals surface area contributed by atoms with Crippen LogP contribution >= 0.6 is 0 Å². The third-order valence-electron chi connectivity index (χ3n) is 3.08. The summed E-state index contributed by atoms with van der Waals surface area (Å²) < 4.78 is 0. The Hall–Kier alpha value is -2.08. The first-order valence-corrected chi connectivity index (χ1v) is 6.70. The van der Waals surface area contributed by atoms with Crippen LogP contribution in [0.4, 0.5) is 0 Å². The summed E-state index contributed by atoms with van der Waals surface area (Å²) in [7, 11) is 2.06. The molecule has 0 aliphatic rings. The lowest BCUT2D eigenvalue weighted by Crippen LogP contribution is -2.18. The minimum atomic E-state index is 0.0422. The predicted octanol–water partition coefficient (Wildman–Crippen LogP) is 2.82. The first-order chi connectivity index (χ1) is 9.81. The summed E-state index contributed by atoms with van der Waals surface area (Å²) in [6, 6.07) is 14.8. The van der Waals surface area contributed by atoms with Crippen molar-refractivity contribution in [3.63, 3.8) is 0 Å². The van der Waals surface area contributed by atoms with Crippen molar-refractivity contribution in [2.75, 3.05) is 20.2 Å². The van der Waals surface area contributed by atoms with Crippen molar-refractivity contribution >= 4 is 10.8 Å². The summed E-state index contributed by atoms with van der Waals surface area (Å²) in [5, 5.41) is 11.2. The average molecular weight is 265 g/mol. The summed E-state index contributed by atoms with van der Waals surface area (Å²) in [6.45, 7) is 1.62. The maximum Gasteiger partial charge on any atom is 0.0621 e. The number of hydrogen-bond donors (Lipinski definition) is 1. The maximum atomic E-state index is 8.61. The van der Waals surface area contributed by atoms with Crippen molar-refractivity contribution in [3.05, 3.63) is 60.2 Å². The van der Waals surface area contributed by atoms with Gasteiger partial charge in [0.05, 0.1) is 13.2 Å². The monoisotopic (exact) mass is 265 g/mol. The topological polar surface area (TPSA) is 23.5 Å². The lowest BCUT2D eigenvalue weighted by molar-refractivity contribution is 0.343. The molecule has 0 saturated heterocycles. The first-order valence-electron chi connectivity index (χ1n) is 6.70. The Bertz CT molecular complexity index is 644. The number of rotatable bonds is 4. The molecule has 0 aliphatic heterocycles. The van der Waals surface area contributed by atoms with Gasteiger partial charge >= 0.3 is 0 Å². The van der Waals surface area contributed by atoms with Gasteiger partial charge in [0, 0.05) is 6.54 Å². The van der Waals surface area contributed by atoms with Gasteiger partial charge in [0.1, 0.15) is 0 Å². The van der Waals surface area contributed by atoms with Crippen molar-refractivity contribution in [3.8, 4) is 11.8 Å². The van der Waals surface area contributed by atoms with E-state index in [1.165, 1.54) is 16.3 Å². The van der Waals surface area contributed by atoms with Crippen LogP contribution < -0.4 is 0 Å². The lowest BCUT2D eigenvalue weighted by Gasteiger charge is -2.15. The van der Waals surface area contributed by atoms with Crippen molar-refractivity contribution in [1.29, 1.82) is 0 Å². The van der Waals surface area contributed by atoms with Gasteiger partial charge in [-0.1, -0.05) is 60.4 Å². The molecule has 2 aromatic rings. The van der Waals surface area contributed by atoms with E-state index in [-0.39, 0.29) is 6.61 Å². The predicted molar refractivity (Wildman–Crippen MR) is 84.3 cm³/mol. The molecular formula is C18H19NO. The smallest absolute Gasteiger partial charge is 0.0621 e. The first kappa shape index (κ1) is 14.3. The Labute approximate surface area is 120 Å². The molecule has 0 heterocycles. The molecule has 0 fully saturated rings. The molecule has 2 nitrogen and oxygen atoms in total. The van der Waals surface area contributed by atoms with Gasteiger partial charge in [0.15, 0.2) is 0 Å². The second kappa shape index (κ2) is 7.49. The molecule has 0 bridgehead atoms. The van der Waals surface area contributed by atoms with Gasteiger partial charge in [-0.05, 0) is 29.5 Å². The van der Waals surface area contributed by atoms with E-state index in [1.54, 1.807) is 12.2 Å². The standard InChI is InChI=1S/C18H19NO/c1-19(13-6-2-3-7-14-20)15-17-11-8-10-16-9-4-5-12-18(16)17/h3-5,7-12,20H,13-15H2,1H3/b7-3+. The van der Waals surface area contributed by atoms with Crippen LogP contribution in [0.15, 0.2) is 54.6 Å². The van der Waals surface area contributed by atoms with Gasteiger partial charge in [-0.15, -0.1) is 0 Å². The third-order valence-corrected chi connectivity index (χ3v) is 3.08. The molecule has 0 amide bonds. The van der Waals surface area contributed by atoms with E-state index in [9.17, 15) is 0 Å². The Morgan fingerprint density at radius 3 is 2.80 bits per heavy atom. The fourth-order valence-electron chi connectivity index (χ4n) is 2.13. The number of aliphatic hydroxyl groups excluding tert-OH is 1. The molecule has 20 heavy (non-hydrogen) atoms. The molecule has 2 aromatic carbocycles. The summed E-state index contributed by atoms with van der Waals surface area (Å²) in [5.41, 5.74) is 1.32. The van der Waals surface area contributed by atoms with Crippen LogP contribution in [0.1, 0.15) is 5.56 Å². The molecule has 2 rings (SSSR count). The molecule has 102 valence electrons. The maximum absolute atomic E-state index is 8.61. The summed E-state index contributed by atoms with van der Waals surface area (Å²) in [5.74, 6) is 5.97. The Morgan fingerprint density at radius 1 is 1.15 bits per heavy atom. The van der Waals surface area contributed by atoms with Gasteiger partial charge in [0.25, 0.3) is 0 Å². The van der Waals surface area contributed by atoms with Gasteiger partial charge in [-0.25, -0.2) is 0 Å². The van der Waals surface area contributed by atoms with Gasteiger partial charge in [-0.3, -0.25) is 4.90 Å². The Morgan fingerprint density at radius 2 is 1.95 bits per heavy atom. The normalized spacial score (nSPS) is 10.9. The van der Waals surface area contributed by atoms with Crippen LogP contribution in [0.2, 0.25) is 0 Å². The van der Waals surface area contributed by atoms with Crippen LogP contribution in [-0.2, 0) is 6.54 Å². The summed E-state index contributed by atoms with van der Waals surface area (Å²) in [6.07, 6.45) is 3.32. The molecule has 0 aliphatic carbocycles. The molecular weight excluding hydrogens is 246 g/mol. The molecule has 0 atom stereocenters. The number of aliphatic hydroxyl groups is 1. The number of allylic oxidation sites excluding steroid dienone is 1. The largest absolute Gasteiger partial charge is 0.392 e. The minimum Gasteiger partial charge on any atom is -0.392 e. The van der Waals surface area contributed by atoms with Crippen molar-refractivity contribution < 1.29 is 5.11 Å². The van der Waals surface area contributed by atoms with E-state index in [2.05, 4.69) is 66.3 Å². The molecule has 0 radical (unpaired) electrons. The highest BCUT2D eigenvalue weighted by atomic mass is 16.2. The summed E-state index contributed by atoms with van der Waals surface area (Å²) in [4.78, 5) is 2.18. The molecule has 0 saturated carbocycles. The quantitative estimate of drug-likeness (QED) is 0.859. The van der Waals surface area contributed by atoms with Crippen molar-refractivity contribution in [1.82, 2.24) is 4.90 Å². The highest BCUT2D eigenvalue weighted by molar-refractivity contribution is 5.85. The van der Waals surface area contributed by atoms with E-state index < -0.39 is 0 Å². The second-order valence-corrected chi connectivity index (χ2v) is 4.72. The highest BCUT2D eigenvalue weighted by Crippen LogP contribution is 2.19. The van der Waals surface area contributed by atoms with Crippen LogP contribution in [0.25, 0.3) is 10.8 Å². The van der Waals surface area contributed by atoms with Crippen LogP contribution in [0, 0.1) is 11.8 Å². The second-order valence-electron chi connectivity index (χ2n) is 4.72. The van der Waals surface area contributed by atoms with Gasteiger partial charge in [0.2, 0.25) is 0 Å². The van der Waals surface area contributed by atoms with E-state index in [4.69, 9.17) is 5.11 Å². The number of fused-ring (bicyclic) bond motifs is 1. The molecule has 0 spiro atoms. The van der Waals surface area contributed by atoms with Crippen LogP contribution in [-0.4, -0.2) is 30.2 Å². The Kier molecular flexibility index (Phi) is 5.37. The Balaban J connectivity index is 2.04. The number of hydrogen-bond acceptors (Lipinski definition) is 2. The van der Waals surface area contributed by atoms with E-state index in [0.29, 0.717) is 6.54 Å². The van der Waals surface area contributed by atoms with Gasteiger partial charge < -0.3 is 5.11 Å². The van der Waals surface area contributed by atoms with Crippen molar-refractivity contribution in [2.45, 2.75) is 6.54 Å². The highest BCUT2D eigenvalue weighted by Gasteiger charge is 2.02. The molecule has 1 N–H and O–H groups in total. The summed E-state index contributed by atoms with van der Waals surface area (Å²) >= 11 is 0. The lowest BCUT2D eigenvalue weighted by atomic mass is 10.0. The van der Waals surface area contributed by atoms with Crippen molar-refractivity contribution in [2.24, 2.45) is 0 Å². The number of benzene rings is 2. The minimum absolute atomic E-state index is 0.0422. The van der Waals surface area contributed by atoms with E-state index in [0.717, 1.165) is 6.54 Å². The molecule has 0 unspecified atom stereocenters.